The molecule has 0 N–H and O–H groups in total. The van der Waals surface area contributed by atoms with Gasteiger partial charge in [0.15, 0.2) is 0 Å². The van der Waals surface area contributed by atoms with Gasteiger partial charge in [0.25, 0.3) is 0 Å². The summed E-state index contributed by atoms with van der Waals surface area (Å²) in [6.45, 7) is 9.77. The molecule has 0 fully saturated rings. The summed E-state index contributed by atoms with van der Waals surface area (Å²) in [5.74, 6) is 0. The van der Waals surface area contributed by atoms with Crippen molar-refractivity contribution in [3.8, 4) is 0 Å². The third-order valence-electron chi connectivity index (χ3n) is 3.41. The summed E-state index contributed by atoms with van der Waals surface area (Å²) in [5, 5.41) is 0. The zero-order valence-electron chi connectivity index (χ0n) is 11.6. The Balaban J connectivity index is 3.40. The summed E-state index contributed by atoms with van der Waals surface area (Å²) in [7, 11) is -0.803. The molecule has 0 aliphatic heterocycles. The van der Waals surface area contributed by atoms with Crippen LogP contribution in [0.2, 0.25) is 25.2 Å². The van der Waals surface area contributed by atoms with Crippen molar-refractivity contribution in [3.63, 3.8) is 0 Å². The molecule has 0 aromatic carbocycles. The topological polar surface area (TPSA) is 0 Å². The van der Waals surface area contributed by atoms with Gasteiger partial charge in [-0.15, -0.1) is 0 Å². The molecule has 0 bridgehead atoms. The maximum atomic E-state index is 2.59. The highest BCUT2D eigenvalue weighted by Gasteiger charge is 2.18. The first-order chi connectivity index (χ1) is 7.12. The molecular weight excluding hydrogens is 196 g/mol. The van der Waals surface area contributed by atoms with Crippen molar-refractivity contribution in [2.24, 2.45) is 0 Å². The van der Waals surface area contributed by atoms with Crippen LogP contribution in [0.3, 0.4) is 0 Å². The van der Waals surface area contributed by atoms with E-state index in [2.05, 4.69) is 26.9 Å². The minimum atomic E-state index is -0.803. The molecule has 1 heteroatoms. The minimum Gasteiger partial charge on any atom is -0.0693 e. The quantitative estimate of drug-likeness (QED) is 0.325. The van der Waals surface area contributed by atoms with Crippen LogP contribution in [0.25, 0.3) is 0 Å². The van der Waals surface area contributed by atoms with Gasteiger partial charge in [0.05, 0.1) is 0 Å². The van der Waals surface area contributed by atoms with E-state index in [9.17, 15) is 0 Å². The first-order valence-corrected chi connectivity index (χ1v) is 10.5. The van der Waals surface area contributed by atoms with Gasteiger partial charge in [-0.2, -0.15) is 0 Å². The summed E-state index contributed by atoms with van der Waals surface area (Å²) in [6.07, 6.45) is 11.6. The van der Waals surface area contributed by atoms with Gasteiger partial charge in [0.2, 0.25) is 0 Å². The van der Waals surface area contributed by atoms with E-state index in [0.717, 1.165) is 0 Å². The third kappa shape index (κ3) is 10.5. The van der Waals surface area contributed by atoms with E-state index in [1.54, 1.807) is 12.1 Å². The fourth-order valence-electron chi connectivity index (χ4n) is 2.19. The van der Waals surface area contributed by atoms with Crippen LogP contribution in [0.5, 0.6) is 0 Å². The average molecular weight is 228 g/mol. The van der Waals surface area contributed by atoms with E-state index >= 15 is 0 Å². The lowest BCUT2D eigenvalue weighted by Gasteiger charge is -2.22. The Morgan fingerprint density at radius 3 is 1.33 bits per heavy atom. The molecule has 0 aromatic rings. The average Bonchev–Trinajstić information content (AvgIpc) is 2.20. The van der Waals surface area contributed by atoms with E-state index in [-0.39, 0.29) is 0 Å². The van der Waals surface area contributed by atoms with Gasteiger partial charge in [0, 0.05) is 8.07 Å². The molecule has 92 valence electrons. The number of hydrogen-bond donors (Lipinski definition) is 0. The van der Waals surface area contributed by atoms with Gasteiger partial charge < -0.3 is 0 Å². The van der Waals surface area contributed by atoms with Gasteiger partial charge in [-0.05, 0) is 0 Å². The lowest BCUT2D eigenvalue weighted by Crippen LogP contribution is -2.24. The van der Waals surface area contributed by atoms with E-state index < -0.39 is 8.07 Å². The Kier molecular flexibility index (Phi) is 9.58. The number of hydrogen-bond acceptors (Lipinski definition) is 0. The summed E-state index contributed by atoms with van der Waals surface area (Å²) < 4.78 is 0. The predicted octanol–water partition coefficient (Wildman–Crippen LogP) is 5.86. The first kappa shape index (κ1) is 15.2. The molecule has 0 nitrogen and oxygen atoms in total. The van der Waals surface area contributed by atoms with Crippen molar-refractivity contribution >= 4 is 8.07 Å². The van der Waals surface area contributed by atoms with Gasteiger partial charge >= 0.3 is 0 Å². The number of unbranched alkanes of at least 4 members (excludes halogenated alkanes) is 6. The van der Waals surface area contributed by atoms with Crippen LogP contribution in [-0.2, 0) is 0 Å². The normalized spacial score (nSPS) is 12.0. The summed E-state index contributed by atoms with van der Waals surface area (Å²) in [6, 6.07) is 3.14. The molecule has 0 unspecified atom stereocenters. The lowest BCUT2D eigenvalue weighted by molar-refractivity contribution is 0.682. The smallest absolute Gasteiger partial charge is 0.0473 e. The highest BCUT2D eigenvalue weighted by atomic mass is 28.3. The Morgan fingerprint density at radius 1 is 0.600 bits per heavy atom. The van der Waals surface area contributed by atoms with Crippen LogP contribution in [0, 0.1) is 0 Å². The Labute approximate surface area is 98.9 Å². The monoisotopic (exact) mass is 228 g/mol. The Hall–Kier alpha value is 0.217. The van der Waals surface area contributed by atoms with Crippen LogP contribution in [0.4, 0.5) is 0 Å². The van der Waals surface area contributed by atoms with E-state index in [1.807, 2.05) is 0 Å². The fraction of sp³-hybridized carbons (Fsp3) is 1.00. The molecule has 15 heavy (non-hydrogen) atoms. The fourth-order valence-corrected chi connectivity index (χ4v) is 4.85. The van der Waals surface area contributed by atoms with Gasteiger partial charge in [-0.25, -0.2) is 0 Å². The summed E-state index contributed by atoms with van der Waals surface area (Å²) in [5.41, 5.74) is 0. The van der Waals surface area contributed by atoms with Crippen LogP contribution >= 0.6 is 0 Å². The maximum Gasteiger partial charge on any atom is 0.0473 e. The molecule has 0 aromatic heterocycles. The van der Waals surface area contributed by atoms with E-state index in [0.29, 0.717) is 0 Å². The zero-order valence-corrected chi connectivity index (χ0v) is 12.6. The van der Waals surface area contributed by atoms with Crippen LogP contribution in [-0.4, -0.2) is 8.07 Å². The van der Waals surface area contributed by atoms with Gasteiger partial charge in [-0.1, -0.05) is 90.4 Å². The van der Waals surface area contributed by atoms with Crippen LogP contribution < -0.4 is 0 Å². The predicted molar refractivity (Wildman–Crippen MR) is 75.4 cm³/mol. The Bertz CT molecular complexity index is 115. The molecule has 0 heterocycles. The van der Waals surface area contributed by atoms with Crippen molar-refractivity contribution in [2.45, 2.75) is 90.4 Å². The molecule has 0 amide bonds. The molecule has 0 saturated carbocycles. The molecule has 0 spiro atoms. The van der Waals surface area contributed by atoms with E-state index in [1.165, 1.54) is 51.4 Å². The Morgan fingerprint density at radius 2 is 1.00 bits per heavy atom. The second-order valence-corrected chi connectivity index (χ2v) is 11.1. The largest absolute Gasteiger partial charge is 0.0693 e. The van der Waals surface area contributed by atoms with Crippen molar-refractivity contribution in [2.75, 3.05) is 0 Å². The van der Waals surface area contributed by atoms with Crippen molar-refractivity contribution in [3.05, 3.63) is 0 Å². The second-order valence-electron chi connectivity index (χ2n) is 5.79. The van der Waals surface area contributed by atoms with Crippen molar-refractivity contribution in [1.29, 1.82) is 0 Å². The molecule has 0 radical (unpaired) electrons. The molecule has 0 rings (SSSR count). The highest BCUT2D eigenvalue weighted by molar-refractivity contribution is 6.77. The zero-order chi connectivity index (χ0) is 11.6. The number of rotatable bonds is 10. The van der Waals surface area contributed by atoms with Gasteiger partial charge in [0.1, 0.15) is 0 Å². The summed E-state index contributed by atoms with van der Waals surface area (Å²) in [4.78, 5) is 0. The molecule has 0 aliphatic rings. The standard InChI is InChI=1S/C14H32Si/c1-5-7-9-11-13-15(3,4)14-12-10-8-6-2/h5-14H2,1-4H3. The molecular formula is C14H32Si. The van der Waals surface area contributed by atoms with Crippen LogP contribution in [0.1, 0.15) is 65.2 Å². The summed E-state index contributed by atoms with van der Waals surface area (Å²) >= 11 is 0. The molecule has 0 atom stereocenters. The third-order valence-corrected chi connectivity index (χ3v) is 6.83. The maximum absolute atomic E-state index is 2.59. The van der Waals surface area contributed by atoms with Crippen LogP contribution in [0.15, 0.2) is 0 Å². The first-order valence-electron chi connectivity index (χ1n) is 7.12. The minimum absolute atomic E-state index is 0.803. The van der Waals surface area contributed by atoms with E-state index in [4.69, 9.17) is 0 Å². The SMILES string of the molecule is CCCCCC[Si](C)(C)CCCCCC. The molecule has 0 saturated heterocycles. The van der Waals surface area contributed by atoms with Gasteiger partial charge in [-0.3, -0.25) is 0 Å². The highest BCUT2D eigenvalue weighted by Crippen LogP contribution is 2.22. The van der Waals surface area contributed by atoms with Crippen molar-refractivity contribution in [1.82, 2.24) is 0 Å². The van der Waals surface area contributed by atoms with Crippen molar-refractivity contribution < 1.29 is 0 Å². The lowest BCUT2D eigenvalue weighted by atomic mass is 10.2. The molecule has 0 aliphatic carbocycles. The second kappa shape index (κ2) is 9.44.